The van der Waals surface area contributed by atoms with Crippen molar-refractivity contribution in [1.29, 1.82) is 0 Å². The lowest BCUT2D eigenvalue weighted by molar-refractivity contribution is 0.405. The van der Waals surface area contributed by atoms with E-state index in [1.807, 2.05) is 0 Å². The van der Waals surface area contributed by atoms with Crippen LogP contribution in [0, 0.1) is 0 Å². The molecule has 1 aromatic heterocycles. The maximum Gasteiger partial charge on any atom is 0.224 e. The van der Waals surface area contributed by atoms with E-state index in [1.54, 1.807) is 26.3 Å². The predicted molar refractivity (Wildman–Crippen MR) is 84.4 cm³/mol. The van der Waals surface area contributed by atoms with Gasteiger partial charge in [0.15, 0.2) is 5.82 Å². The van der Waals surface area contributed by atoms with Crippen molar-refractivity contribution < 1.29 is 9.47 Å². The summed E-state index contributed by atoms with van der Waals surface area (Å²) in [5, 5.41) is 6.75. The number of hydrogen-bond acceptors (Lipinski definition) is 6. The van der Waals surface area contributed by atoms with Crippen LogP contribution in [0.1, 0.15) is 0 Å². The van der Waals surface area contributed by atoms with Crippen molar-refractivity contribution in [3.05, 3.63) is 28.4 Å². The Morgan fingerprint density at radius 3 is 2.38 bits per heavy atom. The second-order valence-electron chi connectivity index (χ2n) is 3.95. The van der Waals surface area contributed by atoms with E-state index in [0.29, 0.717) is 39.0 Å². The van der Waals surface area contributed by atoms with Crippen molar-refractivity contribution in [2.45, 2.75) is 0 Å². The fourth-order valence-electron chi connectivity index (χ4n) is 1.66. The van der Waals surface area contributed by atoms with Crippen LogP contribution < -0.4 is 20.1 Å². The molecule has 0 amide bonds. The van der Waals surface area contributed by atoms with Crippen molar-refractivity contribution in [2.75, 3.05) is 31.9 Å². The van der Waals surface area contributed by atoms with Gasteiger partial charge in [-0.05, 0) is 0 Å². The molecule has 0 atom stereocenters. The van der Waals surface area contributed by atoms with Crippen LogP contribution in [0.2, 0.25) is 10.0 Å². The molecule has 0 spiro atoms. The lowest BCUT2D eigenvalue weighted by Gasteiger charge is -2.14. The summed E-state index contributed by atoms with van der Waals surface area (Å²) in [7, 11) is 4.80. The van der Waals surface area contributed by atoms with Gasteiger partial charge in [0.2, 0.25) is 5.95 Å². The first-order valence-corrected chi connectivity index (χ1v) is 6.73. The van der Waals surface area contributed by atoms with Gasteiger partial charge in [0.05, 0.1) is 31.1 Å². The fraction of sp³-hybridized carbons (Fsp3) is 0.231. The van der Waals surface area contributed by atoms with E-state index in [2.05, 4.69) is 20.6 Å². The van der Waals surface area contributed by atoms with Crippen LogP contribution in [-0.2, 0) is 0 Å². The summed E-state index contributed by atoms with van der Waals surface area (Å²) in [4.78, 5) is 8.26. The van der Waals surface area contributed by atoms with Crippen molar-refractivity contribution in [3.63, 3.8) is 0 Å². The van der Waals surface area contributed by atoms with Crippen LogP contribution in [0.3, 0.4) is 0 Å². The first-order valence-electron chi connectivity index (χ1n) is 5.98. The first-order chi connectivity index (χ1) is 10.1. The Morgan fingerprint density at radius 1 is 1.05 bits per heavy atom. The number of nitrogens with zero attached hydrogens (tertiary/aromatic N) is 2. The minimum atomic E-state index is 0.380. The Labute approximate surface area is 132 Å². The van der Waals surface area contributed by atoms with Crippen LogP contribution in [-0.4, -0.2) is 31.2 Å². The van der Waals surface area contributed by atoms with Crippen LogP contribution in [0.25, 0.3) is 0 Å². The van der Waals surface area contributed by atoms with Crippen LogP contribution in [0.4, 0.5) is 17.5 Å². The van der Waals surface area contributed by atoms with Gasteiger partial charge in [0.25, 0.3) is 0 Å². The quantitative estimate of drug-likeness (QED) is 0.874. The number of rotatable bonds is 5. The highest BCUT2D eigenvalue weighted by atomic mass is 35.5. The van der Waals surface area contributed by atoms with E-state index in [4.69, 9.17) is 32.7 Å². The van der Waals surface area contributed by atoms with Crippen molar-refractivity contribution in [1.82, 2.24) is 9.97 Å². The third kappa shape index (κ3) is 3.40. The molecule has 0 saturated carbocycles. The zero-order valence-corrected chi connectivity index (χ0v) is 13.2. The standard InChI is InChI=1S/C13H14Cl2N4O2/c1-16-13-17-6-8(15)12(19-13)18-9-5-10(20-2)7(14)4-11(9)21-3/h4-6H,1-3H3,(H2,16,17,18,19). The van der Waals surface area contributed by atoms with Crippen molar-refractivity contribution >= 4 is 40.7 Å². The van der Waals surface area contributed by atoms with Crippen LogP contribution in [0.5, 0.6) is 11.5 Å². The second kappa shape index (κ2) is 6.69. The molecule has 1 aromatic carbocycles. The zero-order chi connectivity index (χ0) is 15.4. The highest BCUT2D eigenvalue weighted by Crippen LogP contribution is 2.38. The van der Waals surface area contributed by atoms with E-state index in [-0.39, 0.29) is 0 Å². The smallest absolute Gasteiger partial charge is 0.224 e. The molecular formula is C13H14Cl2N4O2. The SMILES string of the molecule is CNc1ncc(Cl)c(Nc2cc(OC)c(Cl)cc2OC)n1. The highest BCUT2D eigenvalue weighted by Gasteiger charge is 2.13. The minimum absolute atomic E-state index is 0.380. The summed E-state index contributed by atoms with van der Waals surface area (Å²) < 4.78 is 10.5. The molecule has 0 radical (unpaired) electrons. The summed E-state index contributed by atoms with van der Waals surface area (Å²) in [5.74, 6) is 1.95. The summed E-state index contributed by atoms with van der Waals surface area (Å²) in [5.41, 5.74) is 0.626. The minimum Gasteiger partial charge on any atom is -0.495 e. The van der Waals surface area contributed by atoms with Crippen molar-refractivity contribution in [3.8, 4) is 11.5 Å². The number of methoxy groups -OCH3 is 2. The summed E-state index contributed by atoms with van der Waals surface area (Å²) in [6.07, 6.45) is 1.50. The van der Waals surface area contributed by atoms with Gasteiger partial charge in [0.1, 0.15) is 16.5 Å². The van der Waals surface area contributed by atoms with Crippen molar-refractivity contribution in [2.24, 2.45) is 0 Å². The third-order valence-corrected chi connectivity index (χ3v) is 3.27. The number of aromatic nitrogens is 2. The molecule has 0 aliphatic heterocycles. The molecule has 6 nitrogen and oxygen atoms in total. The average molecular weight is 329 g/mol. The van der Waals surface area contributed by atoms with Gasteiger partial charge < -0.3 is 20.1 Å². The number of benzene rings is 1. The molecule has 0 fully saturated rings. The van der Waals surface area contributed by atoms with Gasteiger partial charge in [-0.3, -0.25) is 0 Å². The molecule has 2 rings (SSSR count). The molecule has 0 saturated heterocycles. The Kier molecular flexibility index (Phi) is 4.93. The van der Waals surface area contributed by atoms with Gasteiger partial charge in [-0.1, -0.05) is 23.2 Å². The molecule has 0 bridgehead atoms. The molecule has 21 heavy (non-hydrogen) atoms. The molecule has 2 N–H and O–H groups in total. The molecule has 0 aliphatic carbocycles. The monoisotopic (exact) mass is 328 g/mol. The number of hydrogen-bond donors (Lipinski definition) is 2. The highest BCUT2D eigenvalue weighted by molar-refractivity contribution is 6.33. The van der Waals surface area contributed by atoms with Gasteiger partial charge in [-0.2, -0.15) is 4.98 Å². The van der Waals surface area contributed by atoms with E-state index >= 15 is 0 Å². The summed E-state index contributed by atoms with van der Waals surface area (Å²) in [6.45, 7) is 0. The van der Waals surface area contributed by atoms with Gasteiger partial charge in [0, 0.05) is 19.2 Å². The average Bonchev–Trinajstić information content (AvgIpc) is 2.50. The largest absolute Gasteiger partial charge is 0.495 e. The maximum absolute atomic E-state index is 6.09. The van der Waals surface area contributed by atoms with E-state index in [1.165, 1.54) is 13.3 Å². The number of anilines is 3. The van der Waals surface area contributed by atoms with Gasteiger partial charge in [-0.15, -0.1) is 0 Å². The first kappa shape index (κ1) is 15.5. The summed E-state index contributed by atoms with van der Waals surface area (Å²) >= 11 is 12.2. The molecular weight excluding hydrogens is 315 g/mol. The Balaban J connectivity index is 2.43. The van der Waals surface area contributed by atoms with Crippen LogP contribution >= 0.6 is 23.2 Å². The number of nitrogens with one attached hydrogen (secondary N) is 2. The van der Waals surface area contributed by atoms with Crippen LogP contribution in [0.15, 0.2) is 18.3 Å². The fourth-order valence-corrected chi connectivity index (χ4v) is 2.03. The Morgan fingerprint density at radius 2 is 1.76 bits per heavy atom. The van der Waals surface area contributed by atoms with Gasteiger partial charge in [-0.25, -0.2) is 4.98 Å². The second-order valence-corrected chi connectivity index (χ2v) is 4.77. The maximum atomic E-state index is 6.09. The number of ether oxygens (including phenoxy) is 2. The molecule has 2 aromatic rings. The van der Waals surface area contributed by atoms with E-state index in [0.717, 1.165) is 0 Å². The molecule has 0 aliphatic rings. The zero-order valence-electron chi connectivity index (χ0n) is 11.7. The Hall–Kier alpha value is -1.92. The predicted octanol–water partition coefficient (Wildman–Crippen LogP) is 3.59. The van der Waals surface area contributed by atoms with E-state index < -0.39 is 0 Å². The van der Waals surface area contributed by atoms with Gasteiger partial charge >= 0.3 is 0 Å². The molecule has 112 valence electrons. The summed E-state index contributed by atoms with van der Waals surface area (Å²) in [6, 6.07) is 3.36. The topological polar surface area (TPSA) is 68.3 Å². The lowest BCUT2D eigenvalue weighted by Crippen LogP contribution is -2.02. The molecule has 0 unspecified atom stereocenters. The van der Waals surface area contributed by atoms with E-state index in [9.17, 15) is 0 Å². The normalized spacial score (nSPS) is 10.1. The lowest BCUT2D eigenvalue weighted by atomic mass is 10.2. The number of halogens is 2. The third-order valence-electron chi connectivity index (χ3n) is 2.69. The Bertz CT molecular complexity index is 652. The molecule has 8 heteroatoms. The molecule has 1 heterocycles.